The number of amides is 1. The summed E-state index contributed by atoms with van der Waals surface area (Å²) in [6.07, 6.45) is 3.87. The number of hydrogen-bond acceptors (Lipinski definition) is 3. The number of nitrogens with one attached hydrogen (secondary N) is 2. The van der Waals surface area contributed by atoms with Crippen molar-refractivity contribution in [3.63, 3.8) is 0 Å². The molecule has 1 heterocycles. The number of ether oxygens (including phenoxy) is 1. The molecule has 0 aliphatic carbocycles. The third-order valence-electron chi connectivity index (χ3n) is 6.73. The number of aromatic nitrogens is 1. The van der Waals surface area contributed by atoms with Gasteiger partial charge < -0.3 is 20.1 Å². The summed E-state index contributed by atoms with van der Waals surface area (Å²) in [6, 6.07) is 21.8. The average molecular weight is 519 g/mol. The second-order valence-electron chi connectivity index (χ2n) is 9.07. The van der Waals surface area contributed by atoms with Gasteiger partial charge in [-0.2, -0.15) is 0 Å². The van der Waals surface area contributed by atoms with Crippen LogP contribution in [0.15, 0.2) is 72.9 Å². The summed E-state index contributed by atoms with van der Waals surface area (Å²) in [7, 11) is 1.66. The zero-order valence-corrected chi connectivity index (χ0v) is 21.7. The van der Waals surface area contributed by atoms with Gasteiger partial charge in [0.15, 0.2) is 0 Å². The Morgan fingerprint density at radius 3 is 2.38 bits per heavy atom. The van der Waals surface area contributed by atoms with Crippen molar-refractivity contribution in [2.24, 2.45) is 0 Å². The molecule has 2 atom stereocenters. The van der Waals surface area contributed by atoms with E-state index in [1.54, 1.807) is 7.11 Å². The van der Waals surface area contributed by atoms with Crippen LogP contribution in [0.3, 0.4) is 0 Å². The lowest BCUT2D eigenvalue weighted by Crippen LogP contribution is -2.26. The molecule has 6 nitrogen and oxygen atoms in total. The summed E-state index contributed by atoms with van der Waals surface area (Å²) in [5.74, 6) is -0.248. The van der Waals surface area contributed by atoms with E-state index in [9.17, 15) is 9.59 Å². The number of halogens is 1. The maximum absolute atomic E-state index is 12.5. The largest absolute Gasteiger partial charge is 0.497 e. The molecule has 4 rings (SSSR count). The molecule has 0 spiro atoms. The summed E-state index contributed by atoms with van der Waals surface area (Å²) in [5.41, 5.74) is 4.87. The molecule has 3 aromatic carbocycles. The molecule has 0 bridgehead atoms. The molecule has 2 unspecified atom stereocenters. The van der Waals surface area contributed by atoms with Gasteiger partial charge in [0.2, 0.25) is 0 Å². The minimum atomic E-state index is -0.943. The zero-order valence-electron chi connectivity index (χ0n) is 21.0. The normalized spacial score (nSPS) is 12.7. The number of benzene rings is 3. The Bertz CT molecular complexity index is 1360. The summed E-state index contributed by atoms with van der Waals surface area (Å²) in [5, 5.41) is 13.2. The van der Waals surface area contributed by atoms with Crippen LogP contribution in [0.4, 0.5) is 0 Å². The molecule has 4 aromatic rings. The van der Waals surface area contributed by atoms with Crippen LogP contribution >= 0.6 is 11.6 Å². The highest BCUT2D eigenvalue weighted by molar-refractivity contribution is 6.35. The molecule has 0 radical (unpaired) electrons. The number of carboxylic acids is 1. The molecule has 192 valence electrons. The lowest BCUT2D eigenvalue weighted by atomic mass is 9.75. The fourth-order valence-electron chi connectivity index (χ4n) is 4.94. The molecule has 1 amide bonds. The Balaban J connectivity index is 1.74. The first kappa shape index (κ1) is 26.3. The van der Waals surface area contributed by atoms with Gasteiger partial charge in [-0.15, -0.1) is 0 Å². The van der Waals surface area contributed by atoms with Crippen LogP contribution in [0.25, 0.3) is 10.9 Å². The minimum Gasteiger partial charge on any atom is -0.497 e. The zero-order chi connectivity index (χ0) is 26.4. The van der Waals surface area contributed by atoms with E-state index in [2.05, 4.69) is 41.6 Å². The Hall–Kier alpha value is -3.77. The van der Waals surface area contributed by atoms with Crippen LogP contribution < -0.4 is 10.1 Å². The quantitative estimate of drug-likeness (QED) is 0.205. The Morgan fingerprint density at radius 1 is 1.03 bits per heavy atom. The number of aromatic amines is 1. The van der Waals surface area contributed by atoms with Crippen molar-refractivity contribution >= 4 is 34.4 Å². The van der Waals surface area contributed by atoms with E-state index in [1.165, 1.54) is 0 Å². The molecule has 7 heteroatoms. The highest BCUT2D eigenvalue weighted by Crippen LogP contribution is 2.44. The van der Waals surface area contributed by atoms with Gasteiger partial charge in [0.1, 0.15) is 5.75 Å². The van der Waals surface area contributed by atoms with Crippen molar-refractivity contribution in [1.29, 1.82) is 0 Å². The first-order valence-electron chi connectivity index (χ1n) is 12.4. The van der Waals surface area contributed by atoms with E-state index in [-0.39, 0.29) is 30.7 Å². The van der Waals surface area contributed by atoms with Crippen LogP contribution in [0.1, 0.15) is 65.1 Å². The number of carboxylic acid groups (broad SMARTS) is 1. The van der Waals surface area contributed by atoms with Crippen molar-refractivity contribution in [2.75, 3.05) is 13.7 Å². The van der Waals surface area contributed by atoms with Gasteiger partial charge in [-0.3, -0.25) is 9.59 Å². The molecule has 0 saturated heterocycles. The summed E-state index contributed by atoms with van der Waals surface area (Å²) < 4.78 is 5.40. The number of methoxy groups -OCH3 is 1. The number of rotatable bonds is 11. The second kappa shape index (κ2) is 12.0. The van der Waals surface area contributed by atoms with Crippen molar-refractivity contribution in [1.82, 2.24) is 10.3 Å². The molecule has 3 N–H and O–H groups in total. The Labute approximate surface area is 221 Å². The summed E-state index contributed by atoms with van der Waals surface area (Å²) >= 11 is 6.50. The van der Waals surface area contributed by atoms with Crippen molar-refractivity contribution in [3.8, 4) is 5.75 Å². The number of hydrogen-bond donors (Lipinski definition) is 3. The monoisotopic (exact) mass is 518 g/mol. The lowest BCUT2D eigenvalue weighted by molar-refractivity contribution is -0.136. The molecule has 0 fully saturated rings. The van der Waals surface area contributed by atoms with Crippen molar-refractivity contribution in [2.45, 2.75) is 38.0 Å². The number of aliphatic carboxylic acids is 1. The summed E-state index contributed by atoms with van der Waals surface area (Å²) in [4.78, 5) is 26.6. The van der Waals surface area contributed by atoms with E-state index in [1.807, 2.05) is 48.5 Å². The van der Waals surface area contributed by atoms with Gasteiger partial charge in [-0.25, -0.2) is 0 Å². The van der Waals surface area contributed by atoms with E-state index in [0.29, 0.717) is 10.6 Å². The standard InChI is InChI=1S/C30H31ClN2O4/c1-3-5-23(19-8-10-21(11-9-19)30(36)32-17-16-27(34)35)28(20-12-14-22(37-2)15-13-20)25-18-33-29-24(25)6-4-7-26(29)31/h4,6-15,18,23,28,33H,3,5,16-17H2,1-2H3,(H,32,36)(H,34,35). The maximum atomic E-state index is 12.5. The first-order valence-corrected chi connectivity index (χ1v) is 12.8. The molecule has 37 heavy (non-hydrogen) atoms. The number of carbonyl (C=O) groups excluding carboxylic acids is 1. The lowest BCUT2D eigenvalue weighted by Gasteiger charge is -2.28. The first-order chi connectivity index (χ1) is 17.9. The maximum Gasteiger partial charge on any atom is 0.305 e. The van der Waals surface area contributed by atoms with Crippen LogP contribution in [-0.4, -0.2) is 35.6 Å². The fourth-order valence-corrected chi connectivity index (χ4v) is 5.17. The Morgan fingerprint density at radius 2 is 1.73 bits per heavy atom. The molecule has 0 saturated carbocycles. The third-order valence-corrected chi connectivity index (χ3v) is 7.05. The second-order valence-corrected chi connectivity index (χ2v) is 9.48. The van der Waals surface area contributed by atoms with Crippen LogP contribution in [-0.2, 0) is 4.79 Å². The van der Waals surface area contributed by atoms with Gasteiger partial charge in [0, 0.05) is 29.6 Å². The van der Waals surface area contributed by atoms with Crippen LogP contribution in [0, 0.1) is 0 Å². The smallest absolute Gasteiger partial charge is 0.305 e. The van der Waals surface area contributed by atoms with Gasteiger partial charge in [-0.05, 0) is 59.4 Å². The fraction of sp³-hybridized carbons (Fsp3) is 0.267. The number of H-pyrrole nitrogens is 1. The highest BCUT2D eigenvalue weighted by atomic mass is 35.5. The average Bonchev–Trinajstić information content (AvgIpc) is 3.34. The van der Waals surface area contributed by atoms with E-state index in [4.69, 9.17) is 21.4 Å². The van der Waals surface area contributed by atoms with Gasteiger partial charge >= 0.3 is 5.97 Å². The van der Waals surface area contributed by atoms with Crippen molar-refractivity contribution in [3.05, 3.63) is 100 Å². The van der Waals surface area contributed by atoms with Crippen molar-refractivity contribution < 1.29 is 19.4 Å². The van der Waals surface area contributed by atoms with Crippen LogP contribution in [0.2, 0.25) is 5.02 Å². The van der Waals surface area contributed by atoms with Crippen LogP contribution in [0.5, 0.6) is 5.75 Å². The number of fused-ring (bicyclic) bond motifs is 1. The molecule has 0 aliphatic rings. The van der Waals surface area contributed by atoms with Gasteiger partial charge in [-0.1, -0.05) is 61.3 Å². The molecular weight excluding hydrogens is 488 g/mol. The summed E-state index contributed by atoms with van der Waals surface area (Å²) in [6.45, 7) is 2.27. The number of para-hydroxylation sites is 1. The SMILES string of the molecule is CCCC(c1ccc(C(=O)NCCC(=O)O)cc1)C(c1ccc(OC)cc1)c1c[nH]c2c(Cl)cccc12. The topological polar surface area (TPSA) is 91.4 Å². The Kier molecular flexibility index (Phi) is 8.51. The molecule has 1 aromatic heterocycles. The predicted octanol–water partition coefficient (Wildman–Crippen LogP) is 6.75. The number of carbonyl (C=O) groups is 2. The van der Waals surface area contributed by atoms with Gasteiger partial charge in [0.25, 0.3) is 5.91 Å². The van der Waals surface area contributed by atoms with E-state index in [0.717, 1.165) is 46.2 Å². The van der Waals surface area contributed by atoms with E-state index >= 15 is 0 Å². The highest BCUT2D eigenvalue weighted by Gasteiger charge is 2.29. The van der Waals surface area contributed by atoms with Gasteiger partial charge in [0.05, 0.1) is 24.1 Å². The molecule has 0 aliphatic heterocycles. The third kappa shape index (κ3) is 5.97. The van der Waals surface area contributed by atoms with E-state index < -0.39 is 5.97 Å². The molecular formula is C30H31ClN2O4. The predicted molar refractivity (Wildman–Crippen MR) is 147 cm³/mol. The minimum absolute atomic E-state index is 0.0355.